The summed E-state index contributed by atoms with van der Waals surface area (Å²) in [5.74, 6) is -40.6. The molecule has 16 N–H and O–H groups in total. The number of phenols is 12. The van der Waals surface area contributed by atoms with E-state index in [0.29, 0.717) is 24.3 Å². The van der Waals surface area contributed by atoms with Crippen molar-refractivity contribution in [1.29, 1.82) is 0 Å². The Morgan fingerprint density at radius 2 is 1.14 bits per heavy atom. The van der Waals surface area contributed by atoms with Gasteiger partial charge in [0.25, 0.3) is 11.6 Å². The molecule has 5 aromatic rings. The van der Waals surface area contributed by atoms with Crippen LogP contribution in [0.15, 0.2) is 53.6 Å². The third-order valence-corrected chi connectivity index (χ3v) is 14.6. The lowest BCUT2D eigenvalue weighted by Gasteiger charge is -2.49. The molecule has 0 fully saturated rings. The molecule has 5 heterocycles. The Morgan fingerprint density at radius 3 is 1.76 bits per heavy atom. The van der Waals surface area contributed by atoms with Crippen LogP contribution in [0, 0.1) is 0 Å². The van der Waals surface area contributed by atoms with Crippen molar-refractivity contribution in [3.05, 3.63) is 92.6 Å². The minimum atomic E-state index is -4.36. The van der Waals surface area contributed by atoms with Crippen LogP contribution in [-0.2, 0) is 44.5 Å². The molecule has 29 heteroatoms. The monoisotopic (exact) mass is 1110 g/mol. The summed E-state index contributed by atoms with van der Waals surface area (Å²) >= 11 is 0. The Labute approximate surface area is 442 Å². The van der Waals surface area contributed by atoms with Crippen molar-refractivity contribution in [2.24, 2.45) is 0 Å². The number of benzene rings is 5. The van der Waals surface area contributed by atoms with Gasteiger partial charge in [-0.3, -0.25) is 9.59 Å². The quantitative estimate of drug-likeness (QED) is 0.0493. The van der Waals surface area contributed by atoms with Gasteiger partial charge < -0.3 is 115 Å². The van der Waals surface area contributed by atoms with E-state index < -0.39 is 245 Å². The number of aliphatic hydroxyl groups excluding tert-OH is 1. The van der Waals surface area contributed by atoms with Crippen molar-refractivity contribution in [3.63, 3.8) is 0 Å². The summed E-state index contributed by atoms with van der Waals surface area (Å²) in [5, 5.41) is 179. The van der Waals surface area contributed by atoms with Crippen molar-refractivity contribution in [2.75, 3.05) is 6.61 Å². The van der Waals surface area contributed by atoms with Crippen LogP contribution in [0.4, 0.5) is 0 Å². The van der Waals surface area contributed by atoms with E-state index in [-0.39, 0.29) is 5.56 Å². The number of rotatable bonds is 4. The van der Waals surface area contributed by atoms with E-state index in [2.05, 4.69) is 0 Å². The first-order valence-corrected chi connectivity index (χ1v) is 23.3. The summed E-state index contributed by atoms with van der Waals surface area (Å²) in [6.07, 6.45) is -14.9. The van der Waals surface area contributed by atoms with Gasteiger partial charge in [-0.25, -0.2) is 19.2 Å². The number of phenolic OH excluding ortho intramolecular Hbond substituents is 12. The summed E-state index contributed by atoms with van der Waals surface area (Å²) in [7, 11) is 0. The van der Waals surface area contributed by atoms with Crippen LogP contribution in [0.5, 0.6) is 80.5 Å². The van der Waals surface area contributed by atoms with Crippen molar-refractivity contribution in [3.8, 4) is 91.6 Å². The van der Waals surface area contributed by atoms with Crippen molar-refractivity contribution < 1.29 is 144 Å². The van der Waals surface area contributed by atoms with Gasteiger partial charge >= 0.3 is 29.8 Å². The standard InChI is InChI=1S/C51H38O29/c1-11(52)75-25-10-74-46(67)14-6-21(57)34(61)37(64)26(14)27-15(7-22(58)35(62)38(27)65)47(68)77-41(25)44-43-30(29-20(56)9-18(54)13-5-24(60)39(76-40(13)29)12-2-3-17(53)19(55)4-12)31-32(49(70)78-43)33-28-16(48(69)79-44)8-23(59)36(63)42(28)80-51(33,73)50(71,72)45(31)66/h2-4,6-9,24-25,30,33,39,41,43-44,53-65,71-73H,5,10H2,1H3/t24-,25-,30+,33-,39+,41-,43+,44-,51-/m0/s1. The maximum Gasteiger partial charge on any atom is 0.339 e. The van der Waals surface area contributed by atoms with Crippen LogP contribution in [0.3, 0.4) is 0 Å². The van der Waals surface area contributed by atoms with E-state index >= 15 is 19.2 Å². The number of aliphatic hydroxyl groups is 4. The van der Waals surface area contributed by atoms with Crippen molar-refractivity contribution in [1.82, 2.24) is 0 Å². The van der Waals surface area contributed by atoms with Gasteiger partial charge in [0.2, 0.25) is 23.0 Å². The molecule has 5 aromatic carbocycles. The lowest BCUT2D eigenvalue weighted by molar-refractivity contribution is -0.324. The number of aromatic hydroxyl groups is 12. The number of Topliss-reactive ketones (excluding diaryl/α,β-unsaturated/α-hetero) is 1. The summed E-state index contributed by atoms with van der Waals surface area (Å²) in [6, 6.07) is 4.92. The predicted octanol–water partition coefficient (Wildman–Crippen LogP) is 0.159. The van der Waals surface area contributed by atoms with Crippen molar-refractivity contribution in [2.45, 2.75) is 73.4 Å². The summed E-state index contributed by atoms with van der Waals surface area (Å²) in [5.41, 5.74) is -10.4. The van der Waals surface area contributed by atoms with Crippen LogP contribution >= 0.6 is 0 Å². The van der Waals surface area contributed by atoms with Gasteiger partial charge in [-0.1, -0.05) is 6.07 Å². The summed E-state index contributed by atoms with van der Waals surface area (Å²) < 4.78 is 40.6. The maximum atomic E-state index is 15.2. The van der Waals surface area contributed by atoms with Crippen LogP contribution in [0.1, 0.15) is 78.2 Å². The first kappa shape index (κ1) is 52.0. The maximum absolute atomic E-state index is 15.2. The molecule has 9 atom stereocenters. The zero-order chi connectivity index (χ0) is 57.8. The van der Waals surface area contributed by atoms with E-state index in [1.54, 1.807) is 0 Å². The minimum Gasteiger partial charge on any atom is -0.507 e. The van der Waals surface area contributed by atoms with Gasteiger partial charge in [0.05, 0.1) is 40.2 Å². The van der Waals surface area contributed by atoms with Gasteiger partial charge in [0, 0.05) is 52.8 Å². The Bertz CT molecular complexity index is 3730. The Balaban J connectivity index is 1.23. The van der Waals surface area contributed by atoms with Crippen LogP contribution in [0.2, 0.25) is 0 Å². The normalized spacial score (nSPS) is 26.2. The number of hydrogen-bond donors (Lipinski definition) is 16. The van der Waals surface area contributed by atoms with E-state index in [1.165, 1.54) is 0 Å². The summed E-state index contributed by atoms with van der Waals surface area (Å²) in [6.45, 7) is -0.697. The number of carbonyl (C=O) groups is 6. The first-order chi connectivity index (χ1) is 37.6. The SMILES string of the molecule is CC(=O)O[C@H]1COC(=O)c2cc(O)c(O)c(O)c2-c2c(cc(O)c(O)c2O)C(=O)O[C@@H]1[C@@H]1OC(=O)c2cc(O)c(O)c3c2[C@H]2C4=C(C(=O)C(O)(O)[C@@]2(O)O3)[C@@H](c2c(O)cc(O)c3c2O[C@H](c2ccc(O)c(O)c2)[C@@H](O)C3)[C@H]1OC4=O. The average Bonchev–Trinajstić information content (AvgIpc) is 3.52. The van der Waals surface area contributed by atoms with Crippen LogP contribution in [-0.4, -0.2) is 166 Å². The molecule has 5 aliphatic heterocycles. The largest absolute Gasteiger partial charge is 0.507 e. The smallest absolute Gasteiger partial charge is 0.339 e. The second-order valence-electron chi connectivity index (χ2n) is 19.2. The highest BCUT2D eigenvalue weighted by atomic mass is 16.7. The van der Waals surface area contributed by atoms with Crippen LogP contribution in [0.25, 0.3) is 11.1 Å². The zero-order valence-corrected chi connectivity index (χ0v) is 40.0. The first-order valence-electron chi connectivity index (χ1n) is 23.3. The fraction of sp³-hybridized carbons (Fsp3) is 0.255. The molecule has 0 radical (unpaired) electrons. The average molecular weight is 1110 g/mol. The topological polar surface area (TPSA) is 491 Å². The second-order valence-corrected chi connectivity index (χ2v) is 19.2. The molecule has 0 unspecified atom stereocenters. The Kier molecular flexibility index (Phi) is 11.3. The number of ether oxygens (including phenoxy) is 7. The van der Waals surface area contributed by atoms with Gasteiger partial charge in [0.15, 0.2) is 70.4 Å². The lowest BCUT2D eigenvalue weighted by Crippen LogP contribution is -2.69. The molecular formula is C51H38O29. The van der Waals surface area contributed by atoms with E-state index in [9.17, 15) is 91.3 Å². The molecule has 29 nitrogen and oxygen atoms in total. The number of carbonyl (C=O) groups excluding carboxylic acids is 6. The molecule has 0 aromatic heterocycles. The number of cyclic esters (lactones) is 3. The minimum absolute atomic E-state index is 0.117. The lowest BCUT2D eigenvalue weighted by atomic mass is 9.64. The number of fused-ring (bicyclic) bond motifs is 5. The molecule has 4 bridgehead atoms. The molecule has 0 amide bonds. The highest BCUT2D eigenvalue weighted by Gasteiger charge is 2.74. The molecule has 0 saturated carbocycles. The molecule has 11 rings (SSSR count). The highest BCUT2D eigenvalue weighted by Crippen LogP contribution is 2.65. The van der Waals surface area contributed by atoms with Gasteiger partial charge in [-0.15, -0.1) is 0 Å². The highest BCUT2D eigenvalue weighted by molar-refractivity contribution is 6.14. The fourth-order valence-corrected chi connectivity index (χ4v) is 11.0. The Hall–Kier alpha value is -10.1. The third-order valence-electron chi connectivity index (χ3n) is 14.6. The molecular weight excluding hydrogens is 1080 g/mol. The molecule has 0 spiro atoms. The van der Waals surface area contributed by atoms with Gasteiger partial charge in [0.1, 0.15) is 30.0 Å². The van der Waals surface area contributed by atoms with E-state index in [1.807, 2.05) is 0 Å². The fourth-order valence-electron chi connectivity index (χ4n) is 11.0. The Morgan fingerprint density at radius 1 is 0.562 bits per heavy atom. The number of esters is 5. The molecule has 0 saturated heterocycles. The van der Waals surface area contributed by atoms with Gasteiger partial charge in [-0.2, -0.15) is 0 Å². The number of hydrogen-bond acceptors (Lipinski definition) is 29. The van der Waals surface area contributed by atoms with Gasteiger partial charge in [-0.05, 0) is 35.9 Å². The second kappa shape index (κ2) is 17.5. The molecule has 416 valence electrons. The van der Waals surface area contributed by atoms with E-state index in [0.717, 1.165) is 25.1 Å². The third kappa shape index (κ3) is 7.17. The summed E-state index contributed by atoms with van der Waals surface area (Å²) in [4.78, 5) is 87.9. The van der Waals surface area contributed by atoms with E-state index in [4.69, 9.17) is 33.2 Å². The number of ketones is 1. The zero-order valence-electron chi connectivity index (χ0n) is 40.0. The molecule has 1 aliphatic carbocycles. The molecule has 6 aliphatic rings. The predicted molar refractivity (Wildman–Crippen MR) is 249 cm³/mol. The van der Waals surface area contributed by atoms with Crippen molar-refractivity contribution >= 4 is 35.6 Å². The molecule has 80 heavy (non-hydrogen) atoms. The van der Waals surface area contributed by atoms with Crippen LogP contribution < -0.4 is 9.47 Å².